The summed E-state index contributed by atoms with van der Waals surface area (Å²) >= 11 is 0. The summed E-state index contributed by atoms with van der Waals surface area (Å²) in [5, 5.41) is 3.20. The van der Waals surface area contributed by atoms with Crippen LogP contribution in [0, 0.1) is 5.82 Å². The molecule has 0 aliphatic rings. The minimum Gasteiger partial charge on any atom is -0.497 e. The van der Waals surface area contributed by atoms with Crippen LogP contribution in [0.15, 0.2) is 42.5 Å². The van der Waals surface area contributed by atoms with Gasteiger partial charge in [0.1, 0.15) is 11.6 Å². The van der Waals surface area contributed by atoms with Gasteiger partial charge >= 0.3 is 0 Å². The molecular weight excluding hydrogens is 271 g/mol. The maximum Gasteiger partial charge on any atom is 0.251 e. The van der Waals surface area contributed by atoms with Crippen molar-refractivity contribution in [1.29, 1.82) is 0 Å². The van der Waals surface area contributed by atoms with Crippen LogP contribution in [-0.2, 0) is 0 Å². The number of hydrogen-bond donors (Lipinski definition) is 2. The van der Waals surface area contributed by atoms with Crippen LogP contribution < -0.4 is 15.8 Å². The van der Waals surface area contributed by atoms with Crippen molar-refractivity contribution in [3.05, 3.63) is 59.4 Å². The first-order chi connectivity index (χ1) is 10.0. The van der Waals surface area contributed by atoms with E-state index in [1.54, 1.807) is 13.2 Å². The molecule has 110 valence electrons. The number of anilines is 1. The molecule has 2 rings (SSSR count). The number of hydrogen-bond acceptors (Lipinski definition) is 3. The third-order valence-electron chi connectivity index (χ3n) is 3.23. The van der Waals surface area contributed by atoms with E-state index >= 15 is 0 Å². The van der Waals surface area contributed by atoms with E-state index in [4.69, 9.17) is 10.5 Å². The van der Waals surface area contributed by atoms with Gasteiger partial charge in [-0.05, 0) is 42.8 Å². The number of primary amides is 1. The zero-order chi connectivity index (χ0) is 15.4. The fourth-order valence-electron chi connectivity index (χ4n) is 2.03. The normalized spacial score (nSPS) is 11.8. The molecule has 4 nitrogen and oxygen atoms in total. The third kappa shape index (κ3) is 3.51. The predicted molar refractivity (Wildman–Crippen MR) is 79.9 cm³/mol. The van der Waals surface area contributed by atoms with Gasteiger partial charge < -0.3 is 15.8 Å². The zero-order valence-corrected chi connectivity index (χ0v) is 11.9. The van der Waals surface area contributed by atoms with Gasteiger partial charge in [0.15, 0.2) is 0 Å². The molecule has 5 heteroatoms. The van der Waals surface area contributed by atoms with Gasteiger partial charge in [-0.2, -0.15) is 0 Å². The molecule has 0 fully saturated rings. The van der Waals surface area contributed by atoms with Crippen molar-refractivity contribution >= 4 is 11.6 Å². The summed E-state index contributed by atoms with van der Waals surface area (Å²) in [6.45, 7) is 1.97. The van der Waals surface area contributed by atoms with Crippen LogP contribution in [0.3, 0.4) is 0 Å². The lowest BCUT2D eigenvalue weighted by Crippen LogP contribution is -2.14. The van der Waals surface area contributed by atoms with E-state index in [9.17, 15) is 9.18 Å². The van der Waals surface area contributed by atoms with Gasteiger partial charge in [-0.15, -0.1) is 0 Å². The average Bonchev–Trinajstić information content (AvgIpc) is 2.49. The number of rotatable bonds is 5. The second-order valence-corrected chi connectivity index (χ2v) is 4.70. The molecule has 0 bridgehead atoms. The van der Waals surface area contributed by atoms with Gasteiger partial charge in [0, 0.05) is 11.7 Å². The van der Waals surface area contributed by atoms with E-state index in [-0.39, 0.29) is 11.6 Å². The van der Waals surface area contributed by atoms with Gasteiger partial charge in [0.25, 0.3) is 5.91 Å². The van der Waals surface area contributed by atoms with Crippen LogP contribution >= 0.6 is 0 Å². The molecule has 0 aromatic heterocycles. The molecule has 0 aliphatic carbocycles. The Kier molecular flexibility index (Phi) is 4.42. The fraction of sp³-hybridized carbons (Fsp3) is 0.188. The van der Waals surface area contributed by atoms with Crippen LogP contribution in [0.4, 0.5) is 10.1 Å². The molecule has 1 amide bonds. The zero-order valence-electron chi connectivity index (χ0n) is 11.9. The van der Waals surface area contributed by atoms with Crippen molar-refractivity contribution in [2.75, 3.05) is 12.4 Å². The first kappa shape index (κ1) is 14.8. The summed E-state index contributed by atoms with van der Waals surface area (Å²) in [5.41, 5.74) is 6.69. The minimum absolute atomic E-state index is 0.0120. The molecule has 1 unspecified atom stereocenters. The predicted octanol–water partition coefficient (Wildman–Crippen LogP) is 3.11. The lowest BCUT2D eigenvalue weighted by Gasteiger charge is -2.16. The summed E-state index contributed by atoms with van der Waals surface area (Å²) in [5.74, 6) is -0.623. The third-order valence-corrected chi connectivity index (χ3v) is 3.23. The summed E-state index contributed by atoms with van der Waals surface area (Å²) in [6, 6.07) is 11.8. The summed E-state index contributed by atoms with van der Waals surface area (Å²) in [6.07, 6.45) is 0. The fourth-order valence-corrected chi connectivity index (χ4v) is 2.03. The van der Waals surface area contributed by atoms with Crippen molar-refractivity contribution in [3.8, 4) is 5.75 Å². The highest BCUT2D eigenvalue weighted by Gasteiger charge is 2.11. The SMILES string of the molecule is COc1ccc(C(C)Nc2ccc(F)c(C(N)=O)c2)cc1. The molecule has 0 aliphatic heterocycles. The standard InChI is InChI=1S/C16H17FN2O2/c1-10(11-3-6-13(21-2)7-4-11)19-12-5-8-15(17)14(9-12)16(18)20/h3-10,19H,1-2H3,(H2,18,20). The molecular formula is C16H17FN2O2. The molecule has 1 atom stereocenters. The molecule has 0 radical (unpaired) electrons. The van der Waals surface area contributed by atoms with E-state index in [2.05, 4.69) is 5.32 Å². The topological polar surface area (TPSA) is 64.3 Å². The maximum atomic E-state index is 13.4. The lowest BCUT2D eigenvalue weighted by molar-refractivity contribution is 0.0996. The molecule has 0 saturated carbocycles. The Morgan fingerprint density at radius 3 is 2.48 bits per heavy atom. The second-order valence-electron chi connectivity index (χ2n) is 4.70. The van der Waals surface area contributed by atoms with E-state index < -0.39 is 11.7 Å². The Morgan fingerprint density at radius 1 is 1.24 bits per heavy atom. The molecule has 21 heavy (non-hydrogen) atoms. The molecule has 0 saturated heterocycles. The molecule has 0 spiro atoms. The van der Waals surface area contributed by atoms with Gasteiger partial charge in [-0.3, -0.25) is 4.79 Å². The van der Waals surface area contributed by atoms with Crippen LogP contribution in [-0.4, -0.2) is 13.0 Å². The second kappa shape index (κ2) is 6.26. The molecule has 2 aromatic carbocycles. The Labute approximate surface area is 122 Å². The molecule has 2 aromatic rings. The number of ether oxygens (including phenoxy) is 1. The largest absolute Gasteiger partial charge is 0.497 e. The van der Waals surface area contributed by atoms with Gasteiger partial charge in [0.2, 0.25) is 0 Å². The van der Waals surface area contributed by atoms with Crippen LogP contribution in [0.25, 0.3) is 0 Å². The number of nitrogens with one attached hydrogen (secondary N) is 1. The van der Waals surface area contributed by atoms with Gasteiger partial charge in [-0.1, -0.05) is 12.1 Å². The highest BCUT2D eigenvalue weighted by atomic mass is 19.1. The Bertz CT molecular complexity index is 641. The molecule has 3 N–H and O–H groups in total. The summed E-state index contributed by atoms with van der Waals surface area (Å²) < 4.78 is 18.5. The smallest absolute Gasteiger partial charge is 0.251 e. The maximum absolute atomic E-state index is 13.4. The number of carbonyl (C=O) groups is 1. The van der Waals surface area contributed by atoms with Gasteiger partial charge in [0.05, 0.1) is 12.7 Å². The summed E-state index contributed by atoms with van der Waals surface area (Å²) in [4.78, 5) is 11.1. The van der Waals surface area contributed by atoms with E-state index in [1.165, 1.54) is 12.1 Å². The number of amides is 1. The Morgan fingerprint density at radius 2 is 1.90 bits per heavy atom. The Hall–Kier alpha value is -2.56. The van der Waals surface area contributed by atoms with Crippen molar-refractivity contribution < 1.29 is 13.9 Å². The van der Waals surface area contributed by atoms with Crippen LogP contribution in [0.2, 0.25) is 0 Å². The first-order valence-corrected chi connectivity index (χ1v) is 6.51. The number of halogens is 1. The van der Waals surface area contributed by atoms with Crippen molar-refractivity contribution in [1.82, 2.24) is 0 Å². The van der Waals surface area contributed by atoms with Crippen molar-refractivity contribution in [2.45, 2.75) is 13.0 Å². The van der Waals surface area contributed by atoms with Gasteiger partial charge in [-0.25, -0.2) is 4.39 Å². The highest BCUT2D eigenvalue weighted by Crippen LogP contribution is 2.23. The van der Waals surface area contributed by atoms with E-state index in [1.807, 2.05) is 31.2 Å². The van der Waals surface area contributed by atoms with E-state index in [0.717, 1.165) is 11.3 Å². The van der Waals surface area contributed by atoms with Crippen LogP contribution in [0.5, 0.6) is 5.75 Å². The number of methoxy groups -OCH3 is 1. The van der Waals surface area contributed by atoms with Crippen molar-refractivity contribution in [3.63, 3.8) is 0 Å². The quantitative estimate of drug-likeness (QED) is 0.888. The lowest BCUT2D eigenvalue weighted by atomic mass is 10.1. The minimum atomic E-state index is -0.784. The molecule has 0 heterocycles. The average molecular weight is 288 g/mol. The number of carbonyl (C=O) groups excluding carboxylic acids is 1. The first-order valence-electron chi connectivity index (χ1n) is 6.51. The summed E-state index contributed by atoms with van der Waals surface area (Å²) in [7, 11) is 1.61. The number of nitrogens with two attached hydrogens (primary N) is 1. The highest BCUT2D eigenvalue weighted by molar-refractivity contribution is 5.94. The van der Waals surface area contributed by atoms with Crippen LogP contribution in [0.1, 0.15) is 28.9 Å². The van der Waals surface area contributed by atoms with E-state index in [0.29, 0.717) is 5.69 Å². The number of benzene rings is 2. The Balaban J connectivity index is 2.16. The van der Waals surface area contributed by atoms with Crippen molar-refractivity contribution in [2.24, 2.45) is 5.73 Å². The monoisotopic (exact) mass is 288 g/mol.